The molecular weight excluding hydrogens is 278 g/mol. The van der Waals surface area contributed by atoms with E-state index in [1.807, 2.05) is 13.0 Å². The molecule has 0 bridgehead atoms. The Morgan fingerprint density at radius 3 is 2.36 bits per heavy atom. The Morgan fingerprint density at radius 2 is 1.73 bits per heavy atom. The first kappa shape index (κ1) is 17.2. The van der Waals surface area contributed by atoms with E-state index in [4.69, 9.17) is 0 Å². The van der Waals surface area contributed by atoms with Gasteiger partial charge in [0.05, 0.1) is 0 Å². The van der Waals surface area contributed by atoms with Gasteiger partial charge in [-0.25, -0.2) is 8.78 Å². The lowest BCUT2D eigenvalue weighted by atomic mass is 9.78. The van der Waals surface area contributed by atoms with Crippen LogP contribution in [0.25, 0.3) is 0 Å². The normalized spacial score (nSPS) is 22.4. The van der Waals surface area contributed by atoms with Crippen molar-refractivity contribution in [3.05, 3.63) is 47.0 Å². The molecule has 1 saturated carbocycles. The highest BCUT2D eigenvalue weighted by Crippen LogP contribution is 2.38. The molecule has 0 atom stereocenters. The standard InChI is InChI=1S/C20H28F2/c1-3-5-6-8-15-9-11-16(12-10-15)18-14-13-17(7-4-2)19(21)20(18)22/h6,8,13-16H,3-5,7,9-12H2,1-2H3/b8-6+. The van der Waals surface area contributed by atoms with E-state index in [2.05, 4.69) is 19.1 Å². The van der Waals surface area contributed by atoms with Crippen LogP contribution in [0.5, 0.6) is 0 Å². The third-order valence-corrected chi connectivity index (χ3v) is 4.79. The van der Waals surface area contributed by atoms with Crippen LogP contribution in [0, 0.1) is 17.6 Å². The fraction of sp³-hybridized carbons (Fsp3) is 0.600. The minimum atomic E-state index is -0.621. The molecule has 122 valence electrons. The van der Waals surface area contributed by atoms with E-state index in [0.29, 0.717) is 23.5 Å². The SMILES string of the molecule is CCC/C=C/C1CCC(c2ccc(CCC)c(F)c2F)CC1. The zero-order chi connectivity index (χ0) is 15.9. The highest BCUT2D eigenvalue weighted by molar-refractivity contribution is 5.29. The van der Waals surface area contributed by atoms with Crippen molar-refractivity contribution >= 4 is 0 Å². The Morgan fingerprint density at radius 1 is 1.00 bits per heavy atom. The van der Waals surface area contributed by atoms with Gasteiger partial charge < -0.3 is 0 Å². The molecule has 0 heterocycles. The van der Waals surface area contributed by atoms with Crippen molar-refractivity contribution in [2.75, 3.05) is 0 Å². The topological polar surface area (TPSA) is 0 Å². The highest BCUT2D eigenvalue weighted by atomic mass is 19.2. The van der Waals surface area contributed by atoms with Gasteiger partial charge in [0.2, 0.25) is 0 Å². The van der Waals surface area contributed by atoms with Crippen LogP contribution in [0.3, 0.4) is 0 Å². The first-order chi connectivity index (χ1) is 10.7. The number of benzene rings is 1. The van der Waals surface area contributed by atoms with Crippen molar-refractivity contribution in [1.82, 2.24) is 0 Å². The molecule has 1 aliphatic carbocycles. The number of rotatable bonds is 6. The molecule has 1 aliphatic rings. The Bertz CT molecular complexity index is 497. The molecule has 0 N–H and O–H groups in total. The maximum atomic E-state index is 14.3. The summed E-state index contributed by atoms with van der Waals surface area (Å²) in [6.45, 7) is 4.17. The summed E-state index contributed by atoms with van der Waals surface area (Å²) in [5.74, 6) is -0.420. The number of aryl methyl sites for hydroxylation is 1. The maximum Gasteiger partial charge on any atom is 0.162 e. The molecule has 0 amide bonds. The van der Waals surface area contributed by atoms with Crippen LogP contribution in [0.1, 0.15) is 75.8 Å². The summed E-state index contributed by atoms with van der Waals surface area (Å²) in [6.07, 6.45) is 12.5. The second-order valence-corrected chi connectivity index (χ2v) is 6.52. The average molecular weight is 306 g/mol. The number of unbranched alkanes of at least 4 members (excludes halogenated alkanes) is 1. The van der Waals surface area contributed by atoms with Crippen LogP contribution >= 0.6 is 0 Å². The van der Waals surface area contributed by atoms with Gasteiger partial charge in [-0.05, 0) is 61.5 Å². The van der Waals surface area contributed by atoms with Gasteiger partial charge >= 0.3 is 0 Å². The monoisotopic (exact) mass is 306 g/mol. The van der Waals surface area contributed by atoms with Crippen LogP contribution < -0.4 is 0 Å². The summed E-state index contributed by atoms with van der Waals surface area (Å²) >= 11 is 0. The summed E-state index contributed by atoms with van der Waals surface area (Å²) in [5.41, 5.74) is 1.10. The van der Waals surface area contributed by atoms with E-state index in [9.17, 15) is 8.78 Å². The van der Waals surface area contributed by atoms with E-state index in [1.165, 1.54) is 6.42 Å². The maximum absolute atomic E-state index is 14.3. The van der Waals surface area contributed by atoms with E-state index in [1.54, 1.807) is 6.07 Å². The van der Waals surface area contributed by atoms with Gasteiger partial charge in [-0.1, -0.05) is 51.0 Å². The molecule has 2 heteroatoms. The second kappa shape index (κ2) is 8.45. The Labute approximate surface area is 133 Å². The third-order valence-electron chi connectivity index (χ3n) is 4.79. The predicted octanol–water partition coefficient (Wildman–Crippen LogP) is 6.55. The van der Waals surface area contributed by atoms with Gasteiger partial charge in [-0.15, -0.1) is 0 Å². The summed E-state index contributed by atoms with van der Waals surface area (Å²) in [7, 11) is 0. The zero-order valence-corrected chi connectivity index (χ0v) is 13.9. The lowest BCUT2D eigenvalue weighted by molar-refractivity contribution is 0.363. The predicted molar refractivity (Wildman–Crippen MR) is 89.1 cm³/mol. The van der Waals surface area contributed by atoms with Crippen LogP contribution in [-0.4, -0.2) is 0 Å². The molecule has 0 unspecified atom stereocenters. The van der Waals surface area contributed by atoms with Gasteiger partial charge in [0, 0.05) is 0 Å². The van der Waals surface area contributed by atoms with Gasteiger partial charge in [0.25, 0.3) is 0 Å². The molecule has 0 aliphatic heterocycles. The summed E-state index contributed by atoms with van der Waals surface area (Å²) in [6, 6.07) is 3.60. The smallest absolute Gasteiger partial charge is 0.162 e. The van der Waals surface area contributed by atoms with Crippen molar-refractivity contribution in [3.63, 3.8) is 0 Å². The van der Waals surface area contributed by atoms with Crippen molar-refractivity contribution in [1.29, 1.82) is 0 Å². The minimum Gasteiger partial charge on any atom is -0.203 e. The van der Waals surface area contributed by atoms with Gasteiger partial charge in [0.1, 0.15) is 0 Å². The van der Waals surface area contributed by atoms with Crippen LogP contribution in [-0.2, 0) is 6.42 Å². The lowest BCUT2D eigenvalue weighted by Crippen LogP contribution is -2.14. The molecule has 0 saturated heterocycles. The number of allylic oxidation sites excluding steroid dienone is 2. The minimum absolute atomic E-state index is 0.181. The molecule has 1 aromatic carbocycles. The fourth-order valence-electron chi connectivity index (χ4n) is 3.46. The third kappa shape index (κ3) is 4.18. The van der Waals surface area contributed by atoms with Crippen molar-refractivity contribution < 1.29 is 8.78 Å². The quantitative estimate of drug-likeness (QED) is 0.523. The van der Waals surface area contributed by atoms with Crippen molar-refractivity contribution in [3.8, 4) is 0 Å². The first-order valence-corrected chi connectivity index (χ1v) is 8.80. The van der Waals surface area contributed by atoms with Crippen LogP contribution in [0.15, 0.2) is 24.3 Å². The fourth-order valence-corrected chi connectivity index (χ4v) is 3.46. The molecule has 0 spiro atoms. The second-order valence-electron chi connectivity index (χ2n) is 6.52. The molecule has 0 nitrogen and oxygen atoms in total. The number of halogens is 2. The van der Waals surface area contributed by atoms with Gasteiger partial charge in [-0.2, -0.15) is 0 Å². The molecule has 0 radical (unpaired) electrons. The molecule has 2 rings (SSSR count). The molecule has 22 heavy (non-hydrogen) atoms. The van der Waals surface area contributed by atoms with E-state index in [0.717, 1.165) is 38.5 Å². The average Bonchev–Trinajstić information content (AvgIpc) is 2.53. The first-order valence-electron chi connectivity index (χ1n) is 8.80. The van der Waals surface area contributed by atoms with Crippen molar-refractivity contribution in [2.45, 2.75) is 71.1 Å². The van der Waals surface area contributed by atoms with Crippen molar-refractivity contribution in [2.24, 2.45) is 5.92 Å². The highest BCUT2D eigenvalue weighted by Gasteiger charge is 2.25. The lowest BCUT2D eigenvalue weighted by Gasteiger charge is -2.27. The molecule has 0 aromatic heterocycles. The molecular formula is C20H28F2. The van der Waals surface area contributed by atoms with Crippen LogP contribution in [0.2, 0.25) is 0 Å². The molecule has 1 fully saturated rings. The van der Waals surface area contributed by atoms with E-state index < -0.39 is 11.6 Å². The molecule has 1 aromatic rings. The Balaban J connectivity index is 2.01. The van der Waals surface area contributed by atoms with E-state index >= 15 is 0 Å². The van der Waals surface area contributed by atoms with Gasteiger partial charge in [-0.3, -0.25) is 0 Å². The summed E-state index contributed by atoms with van der Waals surface area (Å²) < 4.78 is 28.4. The number of hydrogen-bond donors (Lipinski definition) is 0. The Hall–Kier alpha value is -1.18. The largest absolute Gasteiger partial charge is 0.203 e. The Kier molecular flexibility index (Phi) is 6.60. The summed E-state index contributed by atoms with van der Waals surface area (Å²) in [4.78, 5) is 0. The van der Waals surface area contributed by atoms with Crippen LogP contribution in [0.4, 0.5) is 8.78 Å². The number of hydrogen-bond acceptors (Lipinski definition) is 0. The summed E-state index contributed by atoms with van der Waals surface area (Å²) in [5, 5.41) is 0. The van der Waals surface area contributed by atoms with E-state index in [-0.39, 0.29) is 5.92 Å². The van der Waals surface area contributed by atoms with Gasteiger partial charge in [0.15, 0.2) is 11.6 Å². The zero-order valence-electron chi connectivity index (χ0n) is 13.9.